The summed E-state index contributed by atoms with van der Waals surface area (Å²) in [6.07, 6.45) is 1.47. The number of unbranched alkanes of at least 4 members (excludes halogenated alkanes) is 1. The molecule has 2 aromatic carbocycles. The summed E-state index contributed by atoms with van der Waals surface area (Å²) >= 11 is 0. The third-order valence-electron chi connectivity index (χ3n) is 9.48. The minimum Gasteiger partial charge on any atom is -0.457 e. The van der Waals surface area contributed by atoms with Crippen LogP contribution in [0.5, 0.6) is 0 Å². The first-order chi connectivity index (χ1) is 24.1. The molecule has 0 fully saturated rings. The van der Waals surface area contributed by atoms with E-state index in [-0.39, 0.29) is 29.7 Å². The van der Waals surface area contributed by atoms with Crippen LogP contribution in [0.3, 0.4) is 0 Å². The molecule has 260 valence electrons. The molecule has 4 heterocycles. The number of nitrogens with two attached hydrogens (primary N) is 1. The molecule has 3 atom stereocenters. The van der Waals surface area contributed by atoms with Gasteiger partial charge in [-0.05, 0) is 68.5 Å². The number of carbonyl (C=O) groups excluding carboxylic acids is 4. The number of aromatic nitrogens is 2. The van der Waals surface area contributed by atoms with Crippen LogP contribution >= 0.6 is 0 Å². The molecule has 2 unspecified atom stereocenters. The van der Waals surface area contributed by atoms with Crippen LogP contribution in [0.1, 0.15) is 73.5 Å². The molecule has 12 nitrogen and oxygen atoms in total. The quantitative estimate of drug-likeness (QED) is 0.131. The Kier molecular flexibility index (Phi) is 9.83. The van der Waals surface area contributed by atoms with Crippen LogP contribution in [-0.4, -0.2) is 51.9 Å². The molecule has 2 aliphatic rings. The summed E-state index contributed by atoms with van der Waals surface area (Å²) in [6, 6.07) is 17.7. The molecule has 0 bridgehead atoms. The lowest BCUT2D eigenvalue weighted by atomic mass is 9.85. The standard InChI is InChI=1S/C38H41N5O7/c1-4-38(50-36(47)31(22(2)3)42-34(45)29(16-10-11-17-39)41-33(44)23-12-6-5-7-13-23)27-19-30-32-25(18-24-14-8-9-15-28(24)40-32)20-43(30)35(46)26(27)21-49-37(38)48/h5-9,12-15,18-19,22,29,31H,4,10-11,16-17,20-21,39H2,1-3H3,(H,41,44)(H,42,45)/t29?,31?,38-/m0/s1. The molecular formula is C38H41N5O7. The van der Waals surface area contributed by atoms with Crippen molar-refractivity contribution in [1.82, 2.24) is 20.2 Å². The Morgan fingerprint density at radius 1 is 1.02 bits per heavy atom. The van der Waals surface area contributed by atoms with Crippen molar-refractivity contribution in [3.05, 3.63) is 99.3 Å². The van der Waals surface area contributed by atoms with Gasteiger partial charge in [0.05, 0.1) is 29.0 Å². The summed E-state index contributed by atoms with van der Waals surface area (Å²) < 4.78 is 13.2. The minimum absolute atomic E-state index is 0.0287. The number of nitrogens with zero attached hydrogens (tertiary/aromatic N) is 2. The van der Waals surface area contributed by atoms with Crippen molar-refractivity contribution in [2.24, 2.45) is 11.7 Å². The maximum Gasteiger partial charge on any atom is 0.355 e. The summed E-state index contributed by atoms with van der Waals surface area (Å²) in [5.41, 5.74) is 6.97. The van der Waals surface area contributed by atoms with Crippen LogP contribution in [0.25, 0.3) is 22.3 Å². The predicted octanol–water partition coefficient (Wildman–Crippen LogP) is 3.70. The van der Waals surface area contributed by atoms with Gasteiger partial charge in [-0.1, -0.05) is 57.2 Å². The van der Waals surface area contributed by atoms with Gasteiger partial charge in [0, 0.05) is 22.1 Å². The maximum absolute atomic E-state index is 14.1. The lowest BCUT2D eigenvalue weighted by Crippen LogP contribution is -2.56. The fraction of sp³-hybridized carbons (Fsp3) is 0.368. The Hall–Kier alpha value is -5.36. The number of fused-ring (bicyclic) bond motifs is 5. The molecule has 0 radical (unpaired) electrons. The number of cyclic esters (lactones) is 1. The molecule has 2 aromatic heterocycles. The number of para-hydroxylation sites is 1. The van der Waals surface area contributed by atoms with E-state index < -0.39 is 47.4 Å². The molecule has 4 aromatic rings. The van der Waals surface area contributed by atoms with Crippen LogP contribution in [0.15, 0.2) is 71.5 Å². The topological polar surface area (TPSA) is 172 Å². The Balaban J connectivity index is 1.30. The molecule has 50 heavy (non-hydrogen) atoms. The molecule has 0 spiro atoms. The van der Waals surface area contributed by atoms with Gasteiger partial charge >= 0.3 is 11.9 Å². The van der Waals surface area contributed by atoms with Gasteiger partial charge in [-0.15, -0.1) is 0 Å². The van der Waals surface area contributed by atoms with Gasteiger partial charge in [0.1, 0.15) is 18.7 Å². The summed E-state index contributed by atoms with van der Waals surface area (Å²) in [7, 11) is 0. The third kappa shape index (κ3) is 6.38. The first-order valence-electron chi connectivity index (χ1n) is 17.0. The summed E-state index contributed by atoms with van der Waals surface area (Å²) in [4.78, 5) is 73.2. The van der Waals surface area contributed by atoms with E-state index in [0.29, 0.717) is 49.3 Å². The van der Waals surface area contributed by atoms with Crippen molar-refractivity contribution in [2.45, 2.75) is 77.3 Å². The Morgan fingerprint density at radius 3 is 2.48 bits per heavy atom. The van der Waals surface area contributed by atoms with E-state index in [1.54, 1.807) is 61.7 Å². The second-order valence-corrected chi connectivity index (χ2v) is 13.1. The summed E-state index contributed by atoms with van der Waals surface area (Å²) in [6.45, 7) is 5.59. The van der Waals surface area contributed by atoms with Crippen molar-refractivity contribution < 1.29 is 28.7 Å². The Morgan fingerprint density at radius 2 is 1.76 bits per heavy atom. The predicted molar refractivity (Wildman–Crippen MR) is 186 cm³/mol. The van der Waals surface area contributed by atoms with Crippen molar-refractivity contribution in [3.63, 3.8) is 0 Å². The lowest BCUT2D eigenvalue weighted by Gasteiger charge is -2.37. The monoisotopic (exact) mass is 679 g/mol. The second kappa shape index (κ2) is 14.2. The number of esters is 2. The van der Waals surface area contributed by atoms with Crippen molar-refractivity contribution >= 4 is 34.7 Å². The SMILES string of the molecule is CC[C@@]1(OC(=O)C(NC(=O)C(CCCCN)NC(=O)c2ccccc2)C(C)C)C(=O)OCc2c1cc1n(c2=O)Cc2cc3ccccc3nc2-1. The van der Waals surface area contributed by atoms with Crippen molar-refractivity contribution in [2.75, 3.05) is 6.54 Å². The van der Waals surface area contributed by atoms with E-state index in [0.717, 1.165) is 16.5 Å². The second-order valence-electron chi connectivity index (χ2n) is 13.1. The van der Waals surface area contributed by atoms with Crippen LogP contribution in [0.2, 0.25) is 0 Å². The van der Waals surface area contributed by atoms with Crippen molar-refractivity contribution in [1.29, 1.82) is 0 Å². The highest BCUT2D eigenvalue weighted by molar-refractivity contribution is 5.98. The molecule has 2 aliphatic heterocycles. The van der Waals surface area contributed by atoms with Crippen LogP contribution in [0, 0.1) is 5.92 Å². The number of pyridine rings is 2. The number of amides is 2. The van der Waals surface area contributed by atoms with E-state index in [2.05, 4.69) is 10.6 Å². The molecular weight excluding hydrogens is 638 g/mol. The fourth-order valence-corrected chi connectivity index (χ4v) is 6.66. The van der Waals surface area contributed by atoms with Crippen LogP contribution in [-0.2, 0) is 42.6 Å². The third-order valence-corrected chi connectivity index (χ3v) is 9.48. The molecule has 6 rings (SSSR count). The number of nitrogens with one attached hydrogen (secondary N) is 2. The van der Waals surface area contributed by atoms with Gasteiger partial charge in [0.15, 0.2) is 0 Å². The Labute approximate surface area is 289 Å². The average molecular weight is 680 g/mol. The van der Waals surface area contributed by atoms with Gasteiger partial charge < -0.3 is 30.4 Å². The number of ether oxygens (including phenoxy) is 2. The zero-order valence-electron chi connectivity index (χ0n) is 28.4. The normalized spacial score (nSPS) is 17.3. The summed E-state index contributed by atoms with van der Waals surface area (Å²) in [5, 5.41) is 6.49. The van der Waals surface area contributed by atoms with Gasteiger partial charge in [-0.25, -0.2) is 14.6 Å². The highest BCUT2D eigenvalue weighted by atomic mass is 16.6. The Bertz CT molecular complexity index is 2030. The van der Waals surface area contributed by atoms with E-state index >= 15 is 0 Å². The van der Waals surface area contributed by atoms with Crippen molar-refractivity contribution in [3.8, 4) is 11.4 Å². The average Bonchev–Trinajstić information content (AvgIpc) is 3.48. The summed E-state index contributed by atoms with van der Waals surface area (Å²) in [5.74, 6) is -3.16. The minimum atomic E-state index is -1.95. The van der Waals surface area contributed by atoms with E-state index in [1.165, 1.54) is 0 Å². The number of hydrogen-bond donors (Lipinski definition) is 3. The molecule has 0 saturated heterocycles. The smallest absolute Gasteiger partial charge is 0.355 e. The lowest BCUT2D eigenvalue weighted by molar-refractivity contribution is -0.191. The largest absolute Gasteiger partial charge is 0.457 e. The van der Waals surface area contributed by atoms with Gasteiger partial charge in [-0.3, -0.25) is 14.4 Å². The molecule has 2 amide bonds. The first-order valence-corrected chi connectivity index (χ1v) is 17.0. The molecule has 4 N–H and O–H groups in total. The van der Waals surface area contributed by atoms with Crippen LogP contribution in [0.4, 0.5) is 0 Å². The van der Waals surface area contributed by atoms with E-state index in [4.69, 9.17) is 20.2 Å². The number of benzene rings is 2. The molecule has 12 heteroatoms. The molecule has 0 aliphatic carbocycles. The van der Waals surface area contributed by atoms with E-state index in [1.807, 2.05) is 30.3 Å². The fourth-order valence-electron chi connectivity index (χ4n) is 6.66. The highest BCUT2D eigenvalue weighted by Crippen LogP contribution is 2.41. The van der Waals surface area contributed by atoms with E-state index in [9.17, 15) is 24.0 Å². The van der Waals surface area contributed by atoms with Gasteiger partial charge in [-0.2, -0.15) is 0 Å². The number of hydrogen-bond acceptors (Lipinski definition) is 9. The zero-order chi connectivity index (χ0) is 35.6. The van der Waals surface area contributed by atoms with Crippen LogP contribution < -0.4 is 21.9 Å². The van der Waals surface area contributed by atoms with Gasteiger partial charge in [0.2, 0.25) is 11.5 Å². The highest BCUT2D eigenvalue weighted by Gasteiger charge is 2.51. The van der Waals surface area contributed by atoms with Gasteiger partial charge in [0.25, 0.3) is 11.5 Å². The first kappa shape index (κ1) is 34.5. The zero-order valence-corrected chi connectivity index (χ0v) is 28.4. The number of carbonyl (C=O) groups is 4. The molecule has 0 saturated carbocycles. The maximum atomic E-state index is 14.1. The number of rotatable bonds is 12.